The second-order valence-electron chi connectivity index (χ2n) is 4.29. The van der Waals surface area contributed by atoms with Gasteiger partial charge in [-0.15, -0.1) is 0 Å². The van der Waals surface area contributed by atoms with E-state index in [9.17, 15) is 4.79 Å². The average molecular weight is 236 g/mol. The largest absolute Gasteiger partial charge is 0.422 e. The summed E-state index contributed by atoms with van der Waals surface area (Å²) in [6.07, 6.45) is 1.18. The Labute approximate surface area is 105 Å². The van der Waals surface area contributed by atoms with Gasteiger partial charge in [-0.05, 0) is 17.9 Å². The minimum Gasteiger partial charge on any atom is -0.422 e. The van der Waals surface area contributed by atoms with Gasteiger partial charge in [0.25, 0.3) is 0 Å². The first kappa shape index (κ1) is 10.8. The summed E-state index contributed by atoms with van der Waals surface area (Å²) in [6, 6.07) is 12.1. The highest BCUT2D eigenvalue weighted by molar-refractivity contribution is 6.13. The third kappa shape index (κ3) is 1.39. The lowest BCUT2D eigenvalue weighted by Gasteiger charge is -2.05. The van der Waals surface area contributed by atoms with Gasteiger partial charge < -0.3 is 4.74 Å². The normalized spacial score (nSPS) is 12.9. The van der Waals surface area contributed by atoms with Crippen LogP contribution < -0.4 is 0 Å². The van der Waals surface area contributed by atoms with Crippen molar-refractivity contribution in [3.05, 3.63) is 60.2 Å². The summed E-state index contributed by atoms with van der Waals surface area (Å²) >= 11 is 0. The van der Waals surface area contributed by atoms with Crippen molar-refractivity contribution in [1.82, 2.24) is 0 Å². The third-order valence-electron chi connectivity index (χ3n) is 3.26. The molecule has 2 aromatic rings. The van der Waals surface area contributed by atoms with Gasteiger partial charge in [0.2, 0.25) is 0 Å². The van der Waals surface area contributed by atoms with Gasteiger partial charge in [-0.3, -0.25) is 0 Å². The topological polar surface area (TPSA) is 26.3 Å². The molecular weight excluding hydrogens is 224 g/mol. The highest BCUT2D eigenvalue weighted by Crippen LogP contribution is 2.42. The Morgan fingerprint density at radius 2 is 1.83 bits per heavy atom. The highest BCUT2D eigenvalue weighted by Gasteiger charge is 2.23. The van der Waals surface area contributed by atoms with E-state index in [4.69, 9.17) is 4.74 Å². The number of esters is 1. The summed E-state index contributed by atoms with van der Waals surface area (Å²) in [6.45, 7) is 5.40. The zero-order chi connectivity index (χ0) is 12.7. The molecule has 0 atom stereocenters. The van der Waals surface area contributed by atoms with Crippen LogP contribution in [0.4, 0.5) is 0 Å². The molecule has 0 saturated heterocycles. The van der Waals surface area contributed by atoms with E-state index in [1.807, 2.05) is 25.1 Å². The number of hydrogen-bond acceptors (Lipinski definition) is 2. The molecule has 0 N–H and O–H groups in total. The van der Waals surface area contributed by atoms with Gasteiger partial charge in [0.05, 0.1) is 0 Å². The molecule has 0 spiro atoms. The second kappa shape index (κ2) is 3.84. The minimum atomic E-state index is -0.422. The van der Waals surface area contributed by atoms with Crippen LogP contribution in [-0.2, 0) is 9.53 Å². The Hall–Kier alpha value is -2.35. The first-order chi connectivity index (χ1) is 8.72. The van der Waals surface area contributed by atoms with Gasteiger partial charge in [0.15, 0.2) is 0 Å². The molecule has 1 aliphatic carbocycles. The predicted molar refractivity (Wildman–Crippen MR) is 72.7 cm³/mol. The van der Waals surface area contributed by atoms with Crippen molar-refractivity contribution in [1.29, 1.82) is 0 Å². The zero-order valence-corrected chi connectivity index (χ0v) is 10.1. The molecule has 0 aromatic heterocycles. The molecule has 88 valence electrons. The molecule has 0 heterocycles. The second-order valence-corrected chi connectivity index (χ2v) is 4.29. The fraction of sp³-hybridized carbons (Fsp3) is 0.0625. The number of benzene rings is 2. The van der Waals surface area contributed by atoms with Gasteiger partial charge in [0.1, 0.15) is 5.76 Å². The maximum atomic E-state index is 11.4. The van der Waals surface area contributed by atoms with E-state index >= 15 is 0 Å². The van der Waals surface area contributed by atoms with Crippen molar-refractivity contribution in [2.75, 3.05) is 0 Å². The van der Waals surface area contributed by atoms with E-state index in [1.54, 1.807) is 0 Å². The third-order valence-corrected chi connectivity index (χ3v) is 3.26. The quantitative estimate of drug-likeness (QED) is 0.586. The van der Waals surface area contributed by atoms with E-state index in [0.717, 1.165) is 27.5 Å². The summed E-state index contributed by atoms with van der Waals surface area (Å²) in [7, 11) is 0. The molecule has 1 aliphatic rings. The van der Waals surface area contributed by atoms with Crippen LogP contribution in [0.5, 0.6) is 0 Å². The first-order valence-corrected chi connectivity index (χ1v) is 5.80. The van der Waals surface area contributed by atoms with E-state index in [-0.39, 0.29) is 0 Å². The van der Waals surface area contributed by atoms with Crippen molar-refractivity contribution in [2.45, 2.75) is 6.92 Å². The van der Waals surface area contributed by atoms with Crippen molar-refractivity contribution in [3.63, 3.8) is 0 Å². The van der Waals surface area contributed by atoms with Crippen LogP contribution in [0.15, 0.2) is 49.1 Å². The van der Waals surface area contributed by atoms with Crippen LogP contribution in [0.25, 0.3) is 22.1 Å². The van der Waals surface area contributed by atoms with Crippen LogP contribution in [-0.4, -0.2) is 5.97 Å². The van der Waals surface area contributed by atoms with Gasteiger partial charge >= 0.3 is 5.97 Å². The Bertz CT molecular complexity index is 703. The molecule has 2 nitrogen and oxygen atoms in total. The maximum absolute atomic E-state index is 11.4. The molecule has 18 heavy (non-hydrogen) atoms. The van der Waals surface area contributed by atoms with Gasteiger partial charge in [-0.2, -0.15) is 0 Å². The Morgan fingerprint density at radius 1 is 1.17 bits per heavy atom. The molecule has 2 aromatic carbocycles. The summed E-state index contributed by atoms with van der Waals surface area (Å²) in [5, 5.41) is 2.32. The fourth-order valence-corrected chi connectivity index (χ4v) is 2.44. The molecule has 0 radical (unpaired) electrons. The number of carbonyl (C=O) groups excluding carboxylic acids is 1. The lowest BCUT2D eigenvalue weighted by molar-refractivity contribution is -0.131. The molecule has 0 saturated carbocycles. The molecule has 0 fully saturated rings. The zero-order valence-electron chi connectivity index (χ0n) is 10.1. The predicted octanol–water partition coefficient (Wildman–Crippen LogP) is 3.77. The molecule has 2 heteroatoms. The standard InChI is InChI=1S/C16H12O2/c1-3-14(17)18-16-10(2)12-8-4-6-11-7-5-9-13(16)15(11)12/h3-9H,1H2,2H3. The summed E-state index contributed by atoms with van der Waals surface area (Å²) in [4.78, 5) is 11.4. The highest BCUT2D eigenvalue weighted by atomic mass is 16.5. The Morgan fingerprint density at radius 3 is 2.50 bits per heavy atom. The van der Waals surface area contributed by atoms with Crippen LogP contribution in [0, 0.1) is 0 Å². The molecule has 0 bridgehead atoms. The Kier molecular flexibility index (Phi) is 2.30. The molecule has 0 aliphatic heterocycles. The van der Waals surface area contributed by atoms with Gasteiger partial charge in [-0.1, -0.05) is 43.0 Å². The van der Waals surface area contributed by atoms with Gasteiger partial charge in [-0.25, -0.2) is 4.79 Å². The number of carbonyl (C=O) groups is 1. The first-order valence-electron chi connectivity index (χ1n) is 5.80. The van der Waals surface area contributed by atoms with Gasteiger partial charge in [0, 0.05) is 22.6 Å². The minimum absolute atomic E-state index is 0.422. The van der Waals surface area contributed by atoms with Crippen molar-refractivity contribution in [2.24, 2.45) is 0 Å². The lowest BCUT2D eigenvalue weighted by Crippen LogP contribution is -1.99. The fourth-order valence-electron chi connectivity index (χ4n) is 2.44. The van der Waals surface area contributed by atoms with Crippen molar-refractivity contribution < 1.29 is 9.53 Å². The van der Waals surface area contributed by atoms with Crippen LogP contribution in [0.2, 0.25) is 0 Å². The summed E-state index contributed by atoms with van der Waals surface area (Å²) in [5.41, 5.74) is 3.11. The number of ether oxygens (including phenoxy) is 1. The lowest BCUT2D eigenvalue weighted by atomic mass is 10.0. The smallest absolute Gasteiger partial charge is 0.335 e. The monoisotopic (exact) mass is 236 g/mol. The number of allylic oxidation sites excluding steroid dienone is 1. The average Bonchev–Trinajstić information content (AvgIpc) is 2.67. The molecule has 0 unspecified atom stereocenters. The van der Waals surface area contributed by atoms with Crippen LogP contribution in [0.1, 0.15) is 18.1 Å². The number of rotatable bonds is 2. The van der Waals surface area contributed by atoms with E-state index in [2.05, 4.69) is 24.8 Å². The van der Waals surface area contributed by atoms with E-state index in [0.29, 0.717) is 5.76 Å². The van der Waals surface area contributed by atoms with Crippen LogP contribution in [0.3, 0.4) is 0 Å². The van der Waals surface area contributed by atoms with Crippen molar-refractivity contribution in [3.8, 4) is 0 Å². The Balaban J connectivity index is 2.25. The maximum Gasteiger partial charge on any atom is 0.335 e. The SMILES string of the molecule is C=CC(=O)OC1=C(C)c2cccc3cccc1c23. The van der Waals surface area contributed by atoms with Crippen molar-refractivity contribution >= 4 is 28.1 Å². The molecular formula is C16H12O2. The summed E-state index contributed by atoms with van der Waals surface area (Å²) in [5.74, 6) is 0.223. The summed E-state index contributed by atoms with van der Waals surface area (Å²) < 4.78 is 5.37. The van der Waals surface area contributed by atoms with E-state index < -0.39 is 5.97 Å². The molecule has 3 rings (SSSR count). The van der Waals surface area contributed by atoms with E-state index in [1.165, 1.54) is 6.08 Å². The molecule has 0 amide bonds. The van der Waals surface area contributed by atoms with Crippen LogP contribution >= 0.6 is 0 Å². The number of hydrogen-bond donors (Lipinski definition) is 0.